The molecule has 0 unspecified atom stereocenters. The summed E-state index contributed by atoms with van der Waals surface area (Å²) < 4.78 is 12.9. The van der Waals surface area contributed by atoms with Gasteiger partial charge in [0.1, 0.15) is 5.82 Å². The second-order valence-corrected chi connectivity index (χ2v) is 6.19. The van der Waals surface area contributed by atoms with E-state index in [0.717, 1.165) is 11.1 Å². The maximum absolute atomic E-state index is 12.9. The predicted molar refractivity (Wildman–Crippen MR) is 90.2 cm³/mol. The lowest BCUT2D eigenvalue weighted by Gasteiger charge is -2.31. The molecule has 2 aromatic carbocycles. The maximum atomic E-state index is 12.9. The maximum Gasteiger partial charge on any atom is 0.226 e. The molecule has 0 atom stereocenters. The number of nitrogens with zero attached hydrogens (tertiary/aromatic N) is 1. The van der Waals surface area contributed by atoms with Crippen molar-refractivity contribution in [3.63, 3.8) is 0 Å². The minimum Gasteiger partial charge on any atom is -0.342 e. The molecule has 1 heterocycles. The fourth-order valence-electron chi connectivity index (χ4n) is 3.12. The molecule has 4 heteroatoms. The van der Waals surface area contributed by atoms with Gasteiger partial charge in [-0.3, -0.25) is 9.59 Å². The molecule has 0 aromatic heterocycles. The van der Waals surface area contributed by atoms with Crippen LogP contribution in [0.4, 0.5) is 4.39 Å². The summed E-state index contributed by atoms with van der Waals surface area (Å²) in [4.78, 5) is 26.6. The van der Waals surface area contributed by atoms with Crippen LogP contribution in [-0.4, -0.2) is 29.7 Å². The molecule has 2 aromatic rings. The number of carbonyl (C=O) groups is 2. The van der Waals surface area contributed by atoms with E-state index in [1.165, 1.54) is 12.1 Å². The summed E-state index contributed by atoms with van der Waals surface area (Å²) in [5, 5.41) is 0. The van der Waals surface area contributed by atoms with Gasteiger partial charge in [0.15, 0.2) is 5.78 Å². The Kier molecular flexibility index (Phi) is 5.04. The highest BCUT2D eigenvalue weighted by atomic mass is 19.1. The quantitative estimate of drug-likeness (QED) is 0.807. The van der Waals surface area contributed by atoms with E-state index in [1.807, 2.05) is 30.3 Å². The van der Waals surface area contributed by atoms with Crippen molar-refractivity contribution in [3.8, 4) is 0 Å². The second-order valence-electron chi connectivity index (χ2n) is 6.19. The Bertz CT molecular complexity index is 704. The smallest absolute Gasteiger partial charge is 0.226 e. The van der Waals surface area contributed by atoms with E-state index in [2.05, 4.69) is 0 Å². The number of ketones is 1. The van der Waals surface area contributed by atoms with Crippen LogP contribution in [0.1, 0.15) is 28.8 Å². The van der Waals surface area contributed by atoms with E-state index in [-0.39, 0.29) is 29.8 Å². The number of Topliss-reactive ketones (excluding diaryl/α,β-unsaturated/α-hetero) is 1. The molecular weight excluding hydrogens is 305 g/mol. The summed E-state index contributed by atoms with van der Waals surface area (Å²) in [7, 11) is 0. The summed E-state index contributed by atoms with van der Waals surface area (Å²) >= 11 is 0. The first-order valence-corrected chi connectivity index (χ1v) is 8.25. The zero-order chi connectivity index (χ0) is 16.9. The van der Waals surface area contributed by atoms with Gasteiger partial charge in [-0.1, -0.05) is 42.5 Å². The van der Waals surface area contributed by atoms with Crippen molar-refractivity contribution in [1.82, 2.24) is 4.90 Å². The minimum absolute atomic E-state index is 0.0118. The molecule has 0 N–H and O–H groups in total. The number of likely N-dealkylation sites (tertiary alicyclic amines) is 1. The van der Waals surface area contributed by atoms with E-state index < -0.39 is 0 Å². The lowest BCUT2D eigenvalue weighted by molar-refractivity contribution is -0.131. The first-order valence-electron chi connectivity index (χ1n) is 8.25. The Morgan fingerprint density at radius 2 is 1.58 bits per heavy atom. The summed E-state index contributed by atoms with van der Waals surface area (Å²) in [5.41, 5.74) is 1.55. The van der Waals surface area contributed by atoms with Gasteiger partial charge >= 0.3 is 0 Å². The molecule has 24 heavy (non-hydrogen) atoms. The Morgan fingerprint density at radius 3 is 2.21 bits per heavy atom. The van der Waals surface area contributed by atoms with Crippen LogP contribution >= 0.6 is 0 Å². The number of hydrogen-bond acceptors (Lipinski definition) is 2. The first-order chi connectivity index (χ1) is 11.6. The lowest BCUT2D eigenvalue weighted by Crippen LogP contribution is -2.41. The van der Waals surface area contributed by atoms with E-state index in [0.29, 0.717) is 25.9 Å². The van der Waals surface area contributed by atoms with Gasteiger partial charge in [-0.25, -0.2) is 4.39 Å². The standard InChI is InChI=1S/C20H20FNO2/c21-18-8-6-15(7-9-18)14-19(23)22-12-10-17(11-13-22)20(24)16-4-2-1-3-5-16/h1-9,17H,10-14H2. The van der Waals surface area contributed by atoms with Gasteiger partial charge in [0.2, 0.25) is 5.91 Å². The van der Waals surface area contributed by atoms with Crippen molar-refractivity contribution in [3.05, 3.63) is 71.5 Å². The molecule has 1 fully saturated rings. The van der Waals surface area contributed by atoms with Crippen molar-refractivity contribution >= 4 is 11.7 Å². The molecule has 1 aliphatic rings. The molecule has 1 saturated heterocycles. The van der Waals surface area contributed by atoms with E-state index >= 15 is 0 Å². The molecule has 0 saturated carbocycles. The van der Waals surface area contributed by atoms with E-state index in [4.69, 9.17) is 0 Å². The highest BCUT2D eigenvalue weighted by Crippen LogP contribution is 2.22. The number of halogens is 1. The zero-order valence-electron chi connectivity index (χ0n) is 13.5. The van der Waals surface area contributed by atoms with Crippen LogP contribution in [0, 0.1) is 11.7 Å². The van der Waals surface area contributed by atoms with Gasteiger partial charge in [-0.05, 0) is 30.5 Å². The van der Waals surface area contributed by atoms with Gasteiger partial charge in [0.05, 0.1) is 6.42 Å². The number of benzene rings is 2. The van der Waals surface area contributed by atoms with Crippen LogP contribution < -0.4 is 0 Å². The molecule has 1 amide bonds. The highest BCUT2D eigenvalue weighted by Gasteiger charge is 2.27. The molecule has 3 rings (SSSR count). The molecule has 0 bridgehead atoms. The third kappa shape index (κ3) is 3.88. The van der Waals surface area contributed by atoms with Crippen molar-refractivity contribution in [2.24, 2.45) is 5.92 Å². The van der Waals surface area contributed by atoms with Gasteiger partial charge in [-0.2, -0.15) is 0 Å². The number of hydrogen-bond donors (Lipinski definition) is 0. The fraction of sp³-hybridized carbons (Fsp3) is 0.300. The first kappa shape index (κ1) is 16.4. The third-order valence-electron chi connectivity index (χ3n) is 4.55. The Balaban J connectivity index is 1.54. The number of carbonyl (C=O) groups excluding carboxylic acids is 2. The number of amides is 1. The van der Waals surface area contributed by atoms with Crippen LogP contribution in [0.15, 0.2) is 54.6 Å². The lowest BCUT2D eigenvalue weighted by atomic mass is 9.88. The van der Waals surface area contributed by atoms with Crippen molar-refractivity contribution in [2.75, 3.05) is 13.1 Å². The van der Waals surface area contributed by atoms with Crippen LogP contribution in [0.5, 0.6) is 0 Å². The van der Waals surface area contributed by atoms with Gasteiger partial charge in [0.25, 0.3) is 0 Å². The molecule has 0 radical (unpaired) electrons. The van der Waals surface area contributed by atoms with Gasteiger partial charge in [-0.15, -0.1) is 0 Å². The van der Waals surface area contributed by atoms with Crippen LogP contribution in [0.25, 0.3) is 0 Å². The normalized spacial score (nSPS) is 15.3. The Labute approximate surface area is 141 Å². The average molecular weight is 325 g/mol. The predicted octanol–water partition coefficient (Wildman–Crippen LogP) is 3.49. The summed E-state index contributed by atoms with van der Waals surface area (Å²) in [6.07, 6.45) is 1.67. The van der Waals surface area contributed by atoms with Gasteiger partial charge in [0, 0.05) is 24.6 Å². The van der Waals surface area contributed by atoms with Crippen molar-refractivity contribution in [2.45, 2.75) is 19.3 Å². The number of rotatable bonds is 4. The average Bonchev–Trinajstić information content (AvgIpc) is 2.64. The molecular formula is C20H20FNO2. The molecule has 1 aliphatic heterocycles. The minimum atomic E-state index is -0.300. The number of piperidine rings is 1. The monoisotopic (exact) mass is 325 g/mol. The SMILES string of the molecule is O=C(c1ccccc1)C1CCN(C(=O)Cc2ccc(F)cc2)CC1. The molecule has 124 valence electrons. The summed E-state index contributed by atoms with van der Waals surface area (Å²) in [6, 6.07) is 15.3. The summed E-state index contributed by atoms with van der Waals surface area (Å²) in [5.74, 6) is -0.109. The van der Waals surface area contributed by atoms with E-state index in [9.17, 15) is 14.0 Å². The molecule has 0 spiro atoms. The largest absolute Gasteiger partial charge is 0.342 e. The Hall–Kier alpha value is -2.49. The van der Waals surface area contributed by atoms with Crippen LogP contribution in [0.2, 0.25) is 0 Å². The zero-order valence-corrected chi connectivity index (χ0v) is 13.5. The van der Waals surface area contributed by atoms with Crippen LogP contribution in [0.3, 0.4) is 0 Å². The molecule has 3 nitrogen and oxygen atoms in total. The molecule has 0 aliphatic carbocycles. The highest BCUT2D eigenvalue weighted by molar-refractivity contribution is 5.98. The third-order valence-corrected chi connectivity index (χ3v) is 4.55. The summed E-state index contributed by atoms with van der Waals surface area (Å²) in [6.45, 7) is 1.20. The second kappa shape index (κ2) is 7.39. The van der Waals surface area contributed by atoms with Crippen molar-refractivity contribution in [1.29, 1.82) is 0 Å². The topological polar surface area (TPSA) is 37.4 Å². The van der Waals surface area contributed by atoms with Gasteiger partial charge < -0.3 is 4.90 Å². The van der Waals surface area contributed by atoms with Crippen LogP contribution in [-0.2, 0) is 11.2 Å². The van der Waals surface area contributed by atoms with Crippen molar-refractivity contribution < 1.29 is 14.0 Å². The van der Waals surface area contributed by atoms with E-state index in [1.54, 1.807) is 17.0 Å². The Morgan fingerprint density at radius 1 is 0.958 bits per heavy atom. The fourth-order valence-corrected chi connectivity index (χ4v) is 3.12.